The van der Waals surface area contributed by atoms with Crippen molar-refractivity contribution in [1.29, 1.82) is 0 Å². The summed E-state index contributed by atoms with van der Waals surface area (Å²) in [6.07, 6.45) is 5.49. The number of halogens is 1. The first kappa shape index (κ1) is 25.7. The molecule has 0 atom stereocenters. The van der Waals surface area contributed by atoms with E-state index in [2.05, 4.69) is 56.2 Å². The van der Waals surface area contributed by atoms with Gasteiger partial charge in [0.1, 0.15) is 23.1 Å². The zero-order valence-corrected chi connectivity index (χ0v) is 23.6. The lowest BCUT2D eigenvalue weighted by Crippen LogP contribution is -1.98. The van der Waals surface area contributed by atoms with Gasteiger partial charge in [-0.25, -0.2) is 14.1 Å². The van der Waals surface area contributed by atoms with Crippen LogP contribution < -0.4 is 4.74 Å². The summed E-state index contributed by atoms with van der Waals surface area (Å²) in [5.41, 5.74) is 7.62. The van der Waals surface area contributed by atoms with Gasteiger partial charge in [0.05, 0.1) is 22.9 Å². The van der Waals surface area contributed by atoms with E-state index in [0.29, 0.717) is 23.2 Å². The van der Waals surface area contributed by atoms with Crippen molar-refractivity contribution in [2.45, 2.75) is 26.7 Å². The van der Waals surface area contributed by atoms with E-state index in [-0.39, 0.29) is 5.82 Å². The Morgan fingerprint density at radius 1 is 0.786 bits per heavy atom. The number of ether oxygens (including phenoxy) is 1. The maximum atomic E-state index is 14.2. The molecule has 0 saturated heterocycles. The second-order valence-corrected chi connectivity index (χ2v) is 10.8. The Morgan fingerprint density at radius 3 is 2.45 bits per heavy atom. The minimum atomic E-state index is -0.334. The van der Waals surface area contributed by atoms with Gasteiger partial charge in [0.2, 0.25) is 0 Å². The predicted octanol–water partition coefficient (Wildman–Crippen LogP) is 9.39. The van der Waals surface area contributed by atoms with E-state index in [1.807, 2.05) is 76.1 Å². The van der Waals surface area contributed by atoms with Gasteiger partial charge >= 0.3 is 0 Å². The molecule has 42 heavy (non-hydrogen) atoms. The highest BCUT2D eigenvalue weighted by Crippen LogP contribution is 2.36. The number of aryl methyl sites for hydroxylation is 1. The van der Waals surface area contributed by atoms with Crippen molar-refractivity contribution >= 4 is 21.8 Å². The summed E-state index contributed by atoms with van der Waals surface area (Å²) >= 11 is 0. The van der Waals surface area contributed by atoms with Gasteiger partial charge in [-0.15, -0.1) is 0 Å². The Morgan fingerprint density at radius 2 is 1.60 bits per heavy atom. The number of benzene rings is 4. The molecule has 0 bridgehead atoms. The molecule has 0 aliphatic carbocycles. The van der Waals surface area contributed by atoms with Gasteiger partial charge in [-0.2, -0.15) is 5.10 Å². The summed E-state index contributed by atoms with van der Waals surface area (Å²) in [7, 11) is 0. The average molecular weight is 553 g/mol. The second-order valence-electron chi connectivity index (χ2n) is 10.8. The fourth-order valence-corrected chi connectivity index (χ4v) is 5.76. The van der Waals surface area contributed by atoms with Crippen molar-refractivity contribution in [3.05, 3.63) is 133 Å². The fourth-order valence-electron chi connectivity index (χ4n) is 5.76. The molecule has 0 spiro atoms. The van der Waals surface area contributed by atoms with Crippen molar-refractivity contribution in [3.8, 4) is 34.1 Å². The molecule has 6 heteroatoms. The van der Waals surface area contributed by atoms with E-state index >= 15 is 0 Å². The third kappa shape index (κ3) is 4.51. The minimum absolute atomic E-state index is 0.334. The normalized spacial score (nSPS) is 11.5. The van der Waals surface area contributed by atoms with E-state index in [1.54, 1.807) is 0 Å². The van der Waals surface area contributed by atoms with Crippen LogP contribution in [-0.2, 0) is 0 Å². The molecule has 3 aromatic heterocycles. The zero-order chi connectivity index (χ0) is 28.8. The van der Waals surface area contributed by atoms with E-state index < -0.39 is 0 Å². The molecule has 7 aromatic rings. The van der Waals surface area contributed by atoms with Crippen LogP contribution in [0.5, 0.6) is 11.5 Å². The Labute approximate surface area is 243 Å². The van der Waals surface area contributed by atoms with Gasteiger partial charge in [-0.05, 0) is 65.9 Å². The first-order valence-electron chi connectivity index (χ1n) is 14.0. The number of nitrogens with zero attached hydrogens (tertiary/aromatic N) is 4. The molecule has 0 unspecified atom stereocenters. The van der Waals surface area contributed by atoms with E-state index in [9.17, 15) is 4.39 Å². The lowest BCUT2D eigenvalue weighted by molar-refractivity contribution is 0.483. The third-order valence-corrected chi connectivity index (χ3v) is 7.70. The van der Waals surface area contributed by atoms with E-state index in [4.69, 9.17) is 9.84 Å². The van der Waals surface area contributed by atoms with Crippen LogP contribution >= 0.6 is 0 Å². The molecule has 206 valence electrons. The molecule has 7 rings (SSSR count). The highest BCUT2D eigenvalue weighted by molar-refractivity contribution is 6.09. The largest absolute Gasteiger partial charge is 0.457 e. The summed E-state index contributed by atoms with van der Waals surface area (Å²) in [5.74, 6) is 1.95. The van der Waals surface area contributed by atoms with Crippen molar-refractivity contribution in [2.75, 3.05) is 0 Å². The first-order chi connectivity index (χ1) is 20.5. The highest BCUT2D eigenvalue weighted by atomic mass is 19.1. The summed E-state index contributed by atoms with van der Waals surface area (Å²) in [5, 5.41) is 6.80. The van der Waals surface area contributed by atoms with E-state index in [0.717, 1.165) is 33.1 Å². The second kappa shape index (κ2) is 10.3. The molecule has 0 aliphatic rings. The zero-order valence-electron chi connectivity index (χ0n) is 23.6. The molecule has 0 saturated carbocycles. The molecule has 0 radical (unpaired) electrons. The molecule has 0 fully saturated rings. The molecular formula is C36H29FN4O. The van der Waals surface area contributed by atoms with Crippen LogP contribution in [-0.4, -0.2) is 19.3 Å². The quantitative estimate of drug-likeness (QED) is 0.206. The molecule has 5 nitrogen and oxygen atoms in total. The Bertz CT molecular complexity index is 2090. The lowest BCUT2D eigenvalue weighted by atomic mass is 9.91. The number of rotatable bonds is 6. The molecule has 0 amide bonds. The van der Waals surface area contributed by atoms with Gasteiger partial charge in [-0.3, -0.25) is 4.57 Å². The Hall–Kier alpha value is -5.23. The molecule has 3 heterocycles. The highest BCUT2D eigenvalue weighted by Gasteiger charge is 2.16. The van der Waals surface area contributed by atoms with E-state index in [1.165, 1.54) is 35.0 Å². The standard InChI is InChI=1S/C36H29FN4O/c1-23(2)30-12-6-8-24(3)36(30)25-21-39-40(22-25)27-9-7-10-28(19-27)42-29-14-15-32-31-11-4-5-13-33(31)41(34(32)20-29)35-18-26(37)16-17-38-35/h4-23H,1-3H3. The topological polar surface area (TPSA) is 44.9 Å². The maximum absolute atomic E-state index is 14.2. The number of fused-ring (bicyclic) bond motifs is 3. The molecule has 0 aliphatic heterocycles. The number of pyridine rings is 1. The third-order valence-electron chi connectivity index (χ3n) is 7.70. The van der Waals surface area contributed by atoms with Gasteiger partial charge in [0, 0.05) is 46.9 Å². The monoisotopic (exact) mass is 552 g/mol. The van der Waals surface area contributed by atoms with Gasteiger partial charge in [-0.1, -0.05) is 56.3 Å². The van der Waals surface area contributed by atoms with Crippen molar-refractivity contribution in [2.24, 2.45) is 0 Å². The lowest BCUT2D eigenvalue weighted by Gasteiger charge is -2.14. The van der Waals surface area contributed by atoms with Crippen LogP contribution in [0.25, 0.3) is 44.4 Å². The van der Waals surface area contributed by atoms with Crippen LogP contribution in [0.1, 0.15) is 30.9 Å². The first-order valence-corrected chi connectivity index (χ1v) is 14.0. The van der Waals surface area contributed by atoms with Crippen molar-refractivity contribution in [3.63, 3.8) is 0 Å². The molecule has 0 N–H and O–H groups in total. The van der Waals surface area contributed by atoms with Gasteiger partial charge in [0.15, 0.2) is 0 Å². The number of hydrogen-bond acceptors (Lipinski definition) is 3. The summed E-state index contributed by atoms with van der Waals surface area (Å²) < 4.78 is 24.4. The fraction of sp³-hybridized carbons (Fsp3) is 0.111. The van der Waals surface area contributed by atoms with Crippen LogP contribution in [0.4, 0.5) is 4.39 Å². The predicted molar refractivity (Wildman–Crippen MR) is 166 cm³/mol. The minimum Gasteiger partial charge on any atom is -0.457 e. The average Bonchev–Trinajstić information content (AvgIpc) is 3.60. The summed E-state index contributed by atoms with van der Waals surface area (Å²) in [4.78, 5) is 4.46. The van der Waals surface area contributed by atoms with Crippen LogP contribution in [0.3, 0.4) is 0 Å². The van der Waals surface area contributed by atoms with Crippen LogP contribution in [0.15, 0.2) is 116 Å². The smallest absolute Gasteiger partial charge is 0.140 e. The number of aromatic nitrogens is 4. The number of para-hydroxylation sites is 1. The van der Waals surface area contributed by atoms with Crippen molar-refractivity contribution < 1.29 is 9.13 Å². The SMILES string of the molecule is Cc1cccc(C(C)C)c1-c1cnn(-c2cccc(Oc3ccc4c5ccccc5n(-c5cc(F)ccn5)c4c3)c2)c1. The van der Waals surface area contributed by atoms with Gasteiger partial charge < -0.3 is 4.74 Å². The maximum Gasteiger partial charge on any atom is 0.140 e. The molecular weight excluding hydrogens is 523 g/mol. The summed E-state index contributed by atoms with van der Waals surface area (Å²) in [6.45, 7) is 6.58. The number of hydrogen-bond donors (Lipinski definition) is 0. The van der Waals surface area contributed by atoms with Gasteiger partial charge in [0.25, 0.3) is 0 Å². The van der Waals surface area contributed by atoms with Crippen LogP contribution in [0, 0.1) is 12.7 Å². The van der Waals surface area contributed by atoms with Crippen molar-refractivity contribution in [1.82, 2.24) is 19.3 Å². The summed E-state index contributed by atoms with van der Waals surface area (Å²) in [6, 6.07) is 31.2. The Kier molecular flexibility index (Phi) is 6.31. The molecule has 4 aromatic carbocycles. The Balaban J connectivity index is 1.25. The van der Waals surface area contributed by atoms with Crippen LogP contribution in [0.2, 0.25) is 0 Å².